The Morgan fingerprint density at radius 2 is 2.00 bits per heavy atom. The number of nitrogens with zero attached hydrogens (tertiary/aromatic N) is 2. The second-order valence-corrected chi connectivity index (χ2v) is 6.48. The first-order valence-corrected chi connectivity index (χ1v) is 8.23. The van der Waals surface area contributed by atoms with Crippen molar-refractivity contribution in [2.24, 2.45) is 0 Å². The van der Waals surface area contributed by atoms with E-state index < -0.39 is 5.97 Å². The van der Waals surface area contributed by atoms with Crippen LogP contribution in [0.25, 0.3) is 16.6 Å². The Morgan fingerprint density at radius 3 is 2.70 bits per heavy atom. The highest BCUT2D eigenvalue weighted by Gasteiger charge is 2.10. The third-order valence-corrected chi connectivity index (χ3v) is 4.87. The van der Waals surface area contributed by atoms with Crippen LogP contribution in [0.1, 0.15) is 24.9 Å². The number of aromatic carboxylic acids is 1. The number of thiophene rings is 1. The molecule has 23 heavy (non-hydrogen) atoms. The van der Waals surface area contributed by atoms with E-state index in [0.717, 1.165) is 26.8 Å². The highest BCUT2D eigenvalue weighted by molar-refractivity contribution is 7.15. The van der Waals surface area contributed by atoms with Crippen LogP contribution in [0, 0.1) is 0 Å². The minimum absolute atomic E-state index is 0.152. The molecule has 5 nitrogen and oxygen atoms in total. The molecule has 0 radical (unpaired) electrons. The molecule has 0 atom stereocenters. The fraction of sp³-hybridized carbons (Fsp3) is 0. The molecule has 3 heterocycles. The van der Waals surface area contributed by atoms with Crippen LogP contribution in [0.4, 0.5) is 0 Å². The molecule has 0 fully saturated rings. The number of carbonyl (C=O) groups excluding carboxylic acids is 1. The van der Waals surface area contributed by atoms with Crippen molar-refractivity contribution < 1.29 is 14.7 Å². The zero-order valence-electron chi connectivity index (χ0n) is 11.7. The summed E-state index contributed by atoms with van der Waals surface area (Å²) in [5, 5.41) is 11.3. The number of hydrogen-bond acceptors (Lipinski definition) is 6. The molecular formula is C16H10N2O3S2. The number of allylic oxidation sites excluding steroid dienone is 1. The third-order valence-electron chi connectivity index (χ3n) is 2.94. The Morgan fingerprint density at radius 1 is 1.22 bits per heavy atom. The highest BCUT2D eigenvalue weighted by Crippen LogP contribution is 2.25. The maximum atomic E-state index is 12.0. The number of carboxylic acid groups (broad SMARTS) is 1. The largest absolute Gasteiger partial charge is 0.477 e. The van der Waals surface area contributed by atoms with Gasteiger partial charge in [0, 0.05) is 40.0 Å². The lowest BCUT2D eigenvalue weighted by atomic mass is 10.2. The summed E-state index contributed by atoms with van der Waals surface area (Å²) >= 11 is 2.50. The molecule has 1 N–H and O–H groups in total. The van der Waals surface area contributed by atoms with Crippen LogP contribution in [0.2, 0.25) is 0 Å². The SMILES string of the molecule is O=C(C=Cc1cnc(-c2ccncc2)s1)c1csc(C(=O)O)c1. The first-order chi connectivity index (χ1) is 11.1. The van der Waals surface area contributed by atoms with Gasteiger partial charge in [-0.2, -0.15) is 0 Å². The molecule has 3 rings (SSSR count). The Labute approximate surface area is 139 Å². The summed E-state index contributed by atoms with van der Waals surface area (Å²) in [6, 6.07) is 5.13. The lowest BCUT2D eigenvalue weighted by molar-refractivity contribution is 0.0702. The fourth-order valence-corrected chi connectivity index (χ4v) is 3.38. The van der Waals surface area contributed by atoms with Crippen LogP contribution < -0.4 is 0 Å². The summed E-state index contributed by atoms with van der Waals surface area (Å²) in [6.45, 7) is 0. The predicted molar refractivity (Wildman–Crippen MR) is 90.0 cm³/mol. The third kappa shape index (κ3) is 3.58. The lowest BCUT2D eigenvalue weighted by Crippen LogP contribution is -1.93. The van der Waals surface area contributed by atoms with E-state index in [9.17, 15) is 9.59 Å². The van der Waals surface area contributed by atoms with E-state index >= 15 is 0 Å². The quantitative estimate of drug-likeness (QED) is 0.562. The summed E-state index contributed by atoms with van der Waals surface area (Å²) in [6.07, 6.45) is 8.21. The zero-order valence-corrected chi connectivity index (χ0v) is 13.3. The molecule has 114 valence electrons. The smallest absolute Gasteiger partial charge is 0.345 e. The predicted octanol–water partition coefficient (Wildman–Crippen LogP) is 3.86. The monoisotopic (exact) mass is 342 g/mol. The molecule has 0 unspecified atom stereocenters. The Hall–Kier alpha value is -2.64. The van der Waals surface area contributed by atoms with Gasteiger partial charge in [0.25, 0.3) is 0 Å². The molecule has 3 aromatic rings. The van der Waals surface area contributed by atoms with Gasteiger partial charge in [0.15, 0.2) is 5.78 Å². The van der Waals surface area contributed by atoms with Gasteiger partial charge in [-0.25, -0.2) is 9.78 Å². The van der Waals surface area contributed by atoms with Gasteiger partial charge in [-0.1, -0.05) is 0 Å². The van der Waals surface area contributed by atoms with Crippen molar-refractivity contribution in [2.45, 2.75) is 0 Å². The van der Waals surface area contributed by atoms with Crippen molar-refractivity contribution in [3.63, 3.8) is 0 Å². The van der Waals surface area contributed by atoms with Crippen LogP contribution >= 0.6 is 22.7 Å². The topological polar surface area (TPSA) is 80.2 Å². The van der Waals surface area contributed by atoms with Crippen LogP contribution in [0.3, 0.4) is 0 Å². The lowest BCUT2D eigenvalue weighted by Gasteiger charge is -1.92. The summed E-state index contributed by atoms with van der Waals surface area (Å²) in [7, 11) is 0. The molecule has 0 spiro atoms. The average Bonchev–Trinajstić information content (AvgIpc) is 3.23. The highest BCUT2D eigenvalue weighted by atomic mass is 32.1. The van der Waals surface area contributed by atoms with Gasteiger partial charge in [0.05, 0.1) is 0 Å². The number of carbonyl (C=O) groups is 2. The van der Waals surface area contributed by atoms with Crippen LogP contribution in [0.5, 0.6) is 0 Å². The van der Waals surface area contributed by atoms with Gasteiger partial charge < -0.3 is 5.11 Å². The number of rotatable bonds is 5. The molecule has 0 aliphatic heterocycles. The number of hydrogen-bond donors (Lipinski definition) is 1. The average molecular weight is 342 g/mol. The molecule has 3 aromatic heterocycles. The Bertz CT molecular complexity index is 882. The van der Waals surface area contributed by atoms with E-state index in [1.807, 2.05) is 12.1 Å². The molecule has 0 aliphatic carbocycles. The summed E-state index contributed by atoms with van der Waals surface area (Å²) in [5.74, 6) is -1.25. The Balaban J connectivity index is 1.74. The first-order valence-electron chi connectivity index (χ1n) is 6.54. The Kier molecular flexibility index (Phi) is 4.40. The number of aromatic nitrogens is 2. The first kappa shape index (κ1) is 15.3. The van der Waals surface area contributed by atoms with Crippen LogP contribution in [0.15, 0.2) is 48.2 Å². The van der Waals surface area contributed by atoms with Crippen molar-refractivity contribution in [1.82, 2.24) is 9.97 Å². The number of thiazole rings is 1. The van der Waals surface area contributed by atoms with Crippen molar-refractivity contribution in [3.8, 4) is 10.6 Å². The summed E-state index contributed by atoms with van der Waals surface area (Å²) < 4.78 is 0. The molecule has 0 aliphatic rings. The minimum Gasteiger partial charge on any atom is -0.477 e. The molecule has 0 saturated carbocycles. The van der Waals surface area contributed by atoms with E-state index in [4.69, 9.17) is 5.11 Å². The van der Waals surface area contributed by atoms with Gasteiger partial charge in [-0.15, -0.1) is 22.7 Å². The standard InChI is InChI=1S/C16H10N2O3S2/c19-13(11-7-14(16(20)21)22-9-11)2-1-12-8-18-15(23-12)10-3-5-17-6-4-10/h1-9H,(H,20,21). The number of ketones is 1. The maximum absolute atomic E-state index is 12.0. The van der Waals surface area contributed by atoms with Gasteiger partial charge >= 0.3 is 5.97 Å². The van der Waals surface area contributed by atoms with E-state index in [1.54, 1.807) is 30.0 Å². The van der Waals surface area contributed by atoms with E-state index in [-0.39, 0.29) is 10.7 Å². The summed E-state index contributed by atoms with van der Waals surface area (Å²) in [4.78, 5) is 32.1. The number of pyridine rings is 1. The van der Waals surface area contributed by atoms with E-state index in [0.29, 0.717) is 5.56 Å². The normalized spacial score (nSPS) is 11.0. The number of carboxylic acids is 1. The minimum atomic E-state index is -1.03. The van der Waals surface area contributed by atoms with E-state index in [1.165, 1.54) is 23.5 Å². The molecule has 0 aromatic carbocycles. The van der Waals surface area contributed by atoms with Crippen LogP contribution in [-0.2, 0) is 0 Å². The van der Waals surface area contributed by atoms with Gasteiger partial charge in [0.2, 0.25) is 0 Å². The van der Waals surface area contributed by atoms with Crippen molar-refractivity contribution in [1.29, 1.82) is 0 Å². The maximum Gasteiger partial charge on any atom is 0.345 e. The molecular weight excluding hydrogens is 332 g/mol. The van der Waals surface area contributed by atoms with Gasteiger partial charge in [-0.05, 0) is 30.4 Å². The fourth-order valence-electron chi connectivity index (χ4n) is 1.82. The van der Waals surface area contributed by atoms with Crippen LogP contribution in [-0.4, -0.2) is 26.8 Å². The second kappa shape index (κ2) is 6.64. The van der Waals surface area contributed by atoms with Crippen molar-refractivity contribution >= 4 is 40.5 Å². The molecule has 0 saturated heterocycles. The zero-order chi connectivity index (χ0) is 16.2. The van der Waals surface area contributed by atoms with E-state index in [2.05, 4.69) is 9.97 Å². The molecule has 0 bridgehead atoms. The van der Waals surface area contributed by atoms with Gasteiger partial charge in [0.1, 0.15) is 9.88 Å². The molecule has 7 heteroatoms. The molecule has 0 amide bonds. The summed E-state index contributed by atoms with van der Waals surface area (Å²) in [5.41, 5.74) is 1.35. The van der Waals surface area contributed by atoms with Crippen molar-refractivity contribution in [3.05, 3.63) is 63.6 Å². The van der Waals surface area contributed by atoms with Crippen molar-refractivity contribution in [2.75, 3.05) is 0 Å². The second-order valence-electron chi connectivity index (χ2n) is 4.51. The van der Waals surface area contributed by atoms with Gasteiger partial charge in [-0.3, -0.25) is 9.78 Å².